The van der Waals surface area contributed by atoms with E-state index in [4.69, 9.17) is 10.0 Å². The van der Waals surface area contributed by atoms with E-state index in [0.29, 0.717) is 0 Å². The molecule has 2 aliphatic rings. The van der Waals surface area contributed by atoms with Crippen LogP contribution in [-0.4, -0.2) is 44.8 Å². The predicted octanol–water partition coefficient (Wildman–Crippen LogP) is -6.69. The van der Waals surface area contributed by atoms with Gasteiger partial charge in [0.15, 0.2) is 0 Å². The summed E-state index contributed by atoms with van der Waals surface area (Å²) in [6.07, 6.45) is 0. The molecule has 0 spiro atoms. The van der Waals surface area contributed by atoms with E-state index in [1.807, 2.05) is 0 Å². The molecule has 2 rings (SSSR count). The molecule has 66 valence electrons. The van der Waals surface area contributed by atoms with Gasteiger partial charge in [0.05, 0.1) is 0 Å². The Morgan fingerprint density at radius 3 is 1.38 bits per heavy atom. The summed E-state index contributed by atoms with van der Waals surface area (Å²) < 4.78 is 22.6. The molecule has 2 heterocycles. The normalized spacial score (nSPS) is 20.8. The van der Waals surface area contributed by atoms with Crippen LogP contribution in [0.2, 0.25) is 0 Å². The minimum Gasteiger partial charge on any atom is -1.00 e. The zero-order valence-electron chi connectivity index (χ0n) is 7.75. The summed E-state index contributed by atoms with van der Waals surface area (Å²) >= 11 is 0. The van der Waals surface area contributed by atoms with Crippen LogP contribution < -0.4 is 18.9 Å². The van der Waals surface area contributed by atoms with Gasteiger partial charge in [-0.3, -0.25) is 0 Å². The van der Waals surface area contributed by atoms with Gasteiger partial charge in [-0.05, 0) is 0 Å². The van der Waals surface area contributed by atoms with Crippen molar-refractivity contribution in [2.24, 2.45) is 0 Å². The maximum absolute atomic E-state index is 8.74. The van der Waals surface area contributed by atoms with Crippen molar-refractivity contribution in [1.82, 2.24) is 0 Å². The van der Waals surface area contributed by atoms with Gasteiger partial charge in [-0.15, -0.1) is 0 Å². The van der Waals surface area contributed by atoms with E-state index in [1.54, 1.807) is 0 Å². The minimum absolute atomic E-state index is 0. The van der Waals surface area contributed by atoms with E-state index >= 15 is 0 Å². The number of fused-ring (bicyclic) bond motifs is 2. The van der Waals surface area contributed by atoms with Crippen LogP contribution >= 0.6 is 0 Å². The molecule has 0 aromatic carbocycles. The van der Waals surface area contributed by atoms with Crippen LogP contribution in [0.1, 0.15) is 1.43 Å². The molecule has 2 fully saturated rings. The van der Waals surface area contributed by atoms with Crippen molar-refractivity contribution in [3.63, 3.8) is 0 Å². The summed E-state index contributed by atoms with van der Waals surface area (Å²) in [7, 11) is -5.20. The Hall–Kier alpha value is 0.537. The molecular weight excluding hydrogens is 178 g/mol. The van der Waals surface area contributed by atoms with E-state index in [1.165, 1.54) is 0 Å². The van der Waals surface area contributed by atoms with Gasteiger partial charge in [-0.2, -0.15) is 0 Å². The van der Waals surface area contributed by atoms with Gasteiger partial charge in [-0.1, -0.05) is 0 Å². The molecule has 2 bridgehead atoms. The topological polar surface area (TPSA) is 118 Å². The maximum atomic E-state index is 8.74. The van der Waals surface area contributed by atoms with Crippen LogP contribution in [0.15, 0.2) is 0 Å². The van der Waals surface area contributed by atoms with E-state index in [2.05, 4.69) is 22.9 Å². The molecule has 4 N–H and O–H groups in total. The smallest absolute Gasteiger partial charge is 1.00 e. The van der Waals surface area contributed by atoms with Gasteiger partial charge in [0, 0.05) is 0 Å². The van der Waals surface area contributed by atoms with Crippen LogP contribution in [-0.2, 0) is 22.9 Å². The van der Waals surface area contributed by atoms with Crippen molar-refractivity contribution in [3.05, 3.63) is 0 Å². The summed E-state index contributed by atoms with van der Waals surface area (Å²) in [6, 6.07) is 0. The third-order valence-corrected chi connectivity index (χ3v) is 1.13. The average molecular weight is 183 g/mol. The first-order chi connectivity index (χ1) is 5.24. The largest absolute Gasteiger partial charge is 1.00 e. The summed E-state index contributed by atoms with van der Waals surface area (Å²) in [5.74, 6) is 0. The Labute approximate surface area is 88.5 Å². The molecule has 2 aliphatic heterocycles. The van der Waals surface area contributed by atoms with Gasteiger partial charge < -0.3 is 39.8 Å². The van der Waals surface area contributed by atoms with Crippen molar-refractivity contribution < 1.29 is 58.7 Å². The van der Waals surface area contributed by atoms with Gasteiger partial charge in [0.2, 0.25) is 0 Å². The Morgan fingerprint density at radius 1 is 0.769 bits per heavy atom. The molecule has 13 heteroatoms. The molecule has 0 aromatic heterocycles. The minimum atomic E-state index is -1.45. The molecule has 0 saturated carbocycles. The van der Waals surface area contributed by atoms with E-state index in [-0.39, 0.29) is 25.8 Å². The molecule has 0 amide bonds. The van der Waals surface area contributed by atoms with Gasteiger partial charge in [-0.25, -0.2) is 0 Å². The number of hydrogen-bond donors (Lipinski definition) is 2. The maximum Gasteiger partial charge on any atom is 1.00 e. The van der Waals surface area contributed by atoms with Crippen molar-refractivity contribution in [1.29, 1.82) is 0 Å². The van der Waals surface area contributed by atoms with Crippen LogP contribution in [0.5, 0.6) is 0 Å². The second-order valence-corrected chi connectivity index (χ2v) is 1.87. The third kappa shape index (κ3) is 3.30. The fourth-order valence-electron chi connectivity index (χ4n) is 0.728. The molecule has 13 heavy (non-hydrogen) atoms. The third-order valence-electron chi connectivity index (χ3n) is 1.13. The van der Waals surface area contributed by atoms with Crippen LogP contribution in [0, 0.1) is 0 Å². The molecule has 0 aliphatic carbocycles. The Kier molecular flexibility index (Phi) is 5.65. The van der Waals surface area contributed by atoms with Crippen LogP contribution in [0.25, 0.3) is 0 Å². The Bertz CT molecular complexity index is 127. The second kappa shape index (κ2) is 5.43. The second-order valence-electron chi connectivity index (χ2n) is 1.87. The summed E-state index contributed by atoms with van der Waals surface area (Å²) in [5.41, 5.74) is 0. The first-order valence-electron chi connectivity index (χ1n) is 2.87. The Balaban J connectivity index is 0. The van der Waals surface area contributed by atoms with E-state index in [9.17, 15) is 0 Å². The summed E-state index contributed by atoms with van der Waals surface area (Å²) in [4.78, 5) is 0. The van der Waals surface area contributed by atoms with Gasteiger partial charge >= 0.3 is 48.1 Å². The van der Waals surface area contributed by atoms with Crippen molar-refractivity contribution in [2.75, 3.05) is 0 Å². The first-order valence-corrected chi connectivity index (χ1v) is 2.87. The van der Waals surface area contributed by atoms with E-state index in [0.717, 1.165) is 0 Å². The SMILES string of the molecule is O.OB1OB2OB(O)OB(O1)O2.[H-].[Li+]. The monoisotopic (exact) mass is 184 g/mol. The van der Waals surface area contributed by atoms with E-state index < -0.39 is 29.3 Å². The average Bonchev–Trinajstić information content (AvgIpc) is 1.82. The Morgan fingerprint density at radius 2 is 1.08 bits per heavy atom. The molecule has 0 radical (unpaired) electrons. The first kappa shape index (κ1) is 13.5. The van der Waals surface area contributed by atoms with Crippen LogP contribution in [0.3, 0.4) is 0 Å². The fraction of sp³-hybridized carbons (Fsp3) is 0. The zero-order valence-corrected chi connectivity index (χ0v) is 6.75. The summed E-state index contributed by atoms with van der Waals surface area (Å²) in [5, 5.41) is 17.5. The molecule has 2 saturated heterocycles. The zero-order chi connectivity index (χ0) is 7.84. The molecular formula is H5B4LiO8. The number of rotatable bonds is 0. The van der Waals surface area contributed by atoms with Crippen LogP contribution in [0.4, 0.5) is 0 Å². The summed E-state index contributed by atoms with van der Waals surface area (Å²) in [6.45, 7) is 0. The van der Waals surface area contributed by atoms with Crippen molar-refractivity contribution in [2.45, 2.75) is 0 Å². The standard InChI is InChI=1S/B4H2O7.Li.H2O.H/c5-1-7-3-9-2(6)10-4(8-1)11-3;;;/h5-6H;;1H2;/q;+1;;-1. The predicted molar refractivity (Wildman–Crippen MR) is 37.6 cm³/mol. The quantitative estimate of drug-likeness (QED) is 0.358. The van der Waals surface area contributed by atoms with Crippen molar-refractivity contribution in [3.8, 4) is 0 Å². The fourth-order valence-corrected chi connectivity index (χ4v) is 0.728. The van der Waals surface area contributed by atoms with Crippen molar-refractivity contribution >= 4 is 29.3 Å². The number of hydrogen-bond acceptors (Lipinski definition) is 7. The molecule has 8 nitrogen and oxygen atoms in total. The molecule has 0 unspecified atom stereocenters. The molecule has 0 atom stereocenters. The van der Waals surface area contributed by atoms with Gasteiger partial charge in [0.1, 0.15) is 0 Å². The van der Waals surface area contributed by atoms with Gasteiger partial charge in [0.25, 0.3) is 0 Å². The molecule has 0 aromatic rings.